The first-order chi connectivity index (χ1) is 2.00. The molecule has 0 saturated carbocycles. The first-order valence-corrected chi connectivity index (χ1v) is 8.16. The van der Waals surface area contributed by atoms with Gasteiger partial charge in [-0.1, -0.05) is 0 Å². The molecule has 5 heavy (non-hydrogen) atoms. The van der Waals surface area contributed by atoms with E-state index in [1.807, 2.05) is 0 Å². The third-order valence-corrected chi connectivity index (χ3v) is 0. The standard InChI is InChI=1S/C2H6BrPSe/c1-4(2,3)5/h1-2H3. The molecule has 0 aromatic rings. The molecule has 3 heteroatoms. The summed E-state index contributed by atoms with van der Waals surface area (Å²) in [6.45, 7) is 4.32. The van der Waals surface area contributed by atoms with Crippen LogP contribution in [0.15, 0.2) is 0 Å². The van der Waals surface area contributed by atoms with Crippen LogP contribution in [0.3, 0.4) is 0 Å². The van der Waals surface area contributed by atoms with Crippen molar-refractivity contribution in [1.82, 2.24) is 0 Å². The zero-order chi connectivity index (χ0) is 4.50. The van der Waals surface area contributed by atoms with Gasteiger partial charge in [0.2, 0.25) is 0 Å². The van der Waals surface area contributed by atoms with Gasteiger partial charge in [-0.15, -0.1) is 0 Å². The molecule has 0 aromatic heterocycles. The maximum atomic E-state index is 3.43. The number of hydrogen-bond donors (Lipinski definition) is 0. The van der Waals surface area contributed by atoms with E-state index >= 15 is 0 Å². The molecule has 0 aliphatic carbocycles. The van der Waals surface area contributed by atoms with Crippen LogP contribution in [0.25, 0.3) is 0 Å². The van der Waals surface area contributed by atoms with Crippen molar-refractivity contribution in [2.45, 2.75) is 0 Å². The molecule has 0 aliphatic heterocycles. The van der Waals surface area contributed by atoms with Gasteiger partial charge in [-0.25, -0.2) is 0 Å². The van der Waals surface area contributed by atoms with Gasteiger partial charge >= 0.3 is 48.1 Å². The molecule has 32 valence electrons. The fraction of sp³-hybridized carbons (Fsp3) is 1.00. The Labute approximate surface area is 48.3 Å². The fourth-order valence-electron chi connectivity index (χ4n) is 0. The summed E-state index contributed by atoms with van der Waals surface area (Å²) in [5.74, 6) is 0. The van der Waals surface area contributed by atoms with Gasteiger partial charge in [0.1, 0.15) is 0 Å². The predicted octanol–water partition coefficient (Wildman–Crippen LogP) is 1.66. The quantitative estimate of drug-likeness (QED) is 0.430. The van der Waals surface area contributed by atoms with Gasteiger partial charge in [0, 0.05) is 0 Å². The zero-order valence-corrected chi connectivity index (χ0v) is 7.43. The minimum atomic E-state index is -0.701. The summed E-state index contributed by atoms with van der Waals surface area (Å²) >= 11 is 6.44. The molecular formula is C2H6BrPSe. The molecule has 0 spiro atoms. The molecule has 0 aliphatic rings. The van der Waals surface area contributed by atoms with E-state index in [0.717, 1.165) is 0 Å². The Morgan fingerprint density at radius 1 is 1.60 bits per heavy atom. The molecular weight excluding hydrogens is 214 g/mol. The topological polar surface area (TPSA) is 0 Å². The van der Waals surface area contributed by atoms with Gasteiger partial charge in [-0.2, -0.15) is 0 Å². The van der Waals surface area contributed by atoms with Crippen LogP contribution in [0.1, 0.15) is 0 Å². The molecule has 0 saturated heterocycles. The van der Waals surface area contributed by atoms with Crippen molar-refractivity contribution in [1.29, 1.82) is 0 Å². The molecule has 0 amide bonds. The van der Waals surface area contributed by atoms with Crippen LogP contribution in [0.4, 0.5) is 0 Å². The van der Waals surface area contributed by atoms with Gasteiger partial charge < -0.3 is 0 Å². The van der Waals surface area contributed by atoms with Gasteiger partial charge in [-0.05, 0) is 0 Å². The summed E-state index contributed by atoms with van der Waals surface area (Å²) in [6, 6.07) is 0. The van der Waals surface area contributed by atoms with E-state index in [0.29, 0.717) is 0 Å². The third-order valence-electron chi connectivity index (χ3n) is 0. The predicted molar refractivity (Wildman–Crippen MR) is 33.4 cm³/mol. The van der Waals surface area contributed by atoms with Crippen LogP contribution in [-0.4, -0.2) is 28.4 Å². The Hall–Kier alpha value is 1.43. The van der Waals surface area contributed by atoms with Gasteiger partial charge in [-0.3, -0.25) is 0 Å². The average molecular weight is 220 g/mol. The van der Waals surface area contributed by atoms with Crippen molar-refractivity contribution in [2.75, 3.05) is 13.3 Å². The molecule has 0 bridgehead atoms. The van der Waals surface area contributed by atoms with Gasteiger partial charge in [0.05, 0.1) is 0 Å². The SMILES string of the molecule is CP(C)(=[Se])Br. The maximum absolute atomic E-state index is 3.43. The molecule has 0 heterocycles. The van der Waals surface area contributed by atoms with E-state index in [1.54, 1.807) is 0 Å². The van der Waals surface area contributed by atoms with Gasteiger partial charge in [0.25, 0.3) is 0 Å². The van der Waals surface area contributed by atoms with E-state index in [1.165, 1.54) is 0 Å². The third kappa shape index (κ3) is 31.3. The summed E-state index contributed by atoms with van der Waals surface area (Å²) in [6.07, 6.45) is 0. The molecule has 0 nitrogen and oxygen atoms in total. The fourth-order valence-corrected chi connectivity index (χ4v) is 0. The summed E-state index contributed by atoms with van der Waals surface area (Å²) in [5, 5.41) is 0. The molecule has 0 N–H and O–H groups in total. The second-order valence-electron chi connectivity index (χ2n) is 1.22. The summed E-state index contributed by atoms with van der Waals surface area (Å²) in [5.41, 5.74) is 0. The first-order valence-electron chi connectivity index (χ1n) is 1.25. The van der Waals surface area contributed by atoms with Crippen LogP contribution in [-0.2, 0) is 0 Å². The van der Waals surface area contributed by atoms with E-state index < -0.39 is 4.21 Å². The summed E-state index contributed by atoms with van der Waals surface area (Å²) in [7, 11) is 0. The van der Waals surface area contributed by atoms with Crippen LogP contribution >= 0.6 is 19.7 Å². The first kappa shape index (κ1) is 6.43. The van der Waals surface area contributed by atoms with E-state index in [2.05, 4.69) is 43.9 Å². The van der Waals surface area contributed by atoms with Crippen molar-refractivity contribution >= 4 is 34.8 Å². The minimum absolute atomic E-state index is 0.701. The van der Waals surface area contributed by atoms with Crippen LogP contribution < -0.4 is 0 Å². The van der Waals surface area contributed by atoms with Gasteiger partial charge in [0.15, 0.2) is 0 Å². The summed E-state index contributed by atoms with van der Waals surface area (Å²) in [4.78, 5) is 0. The van der Waals surface area contributed by atoms with Crippen LogP contribution in [0, 0.1) is 0 Å². The second-order valence-corrected chi connectivity index (χ2v) is 17.9. The van der Waals surface area contributed by atoms with Crippen molar-refractivity contribution in [2.24, 2.45) is 0 Å². The van der Waals surface area contributed by atoms with E-state index in [-0.39, 0.29) is 0 Å². The van der Waals surface area contributed by atoms with Crippen molar-refractivity contribution in [3.63, 3.8) is 0 Å². The Morgan fingerprint density at radius 3 is 1.60 bits per heavy atom. The van der Waals surface area contributed by atoms with Crippen LogP contribution in [0.5, 0.6) is 0 Å². The summed E-state index contributed by atoms with van der Waals surface area (Å²) < 4.78 is -0.701. The molecule has 0 radical (unpaired) electrons. The number of halogens is 1. The van der Waals surface area contributed by atoms with Crippen molar-refractivity contribution < 1.29 is 0 Å². The van der Waals surface area contributed by atoms with Crippen molar-refractivity contribution in [3.05, 3.63) is 0 Å². The van der Waals surface area contributed by atoms with E-state index in [4.69, 9.17) is 0 Å². The molecule has 0 unspecified atom stereocenters. The second kappa shape index (κ2) is 1.93. The van der Waals surface area contributed by atoms with Crippen LogP contribution in [0.2, 0.25) is 0 Å². The Balaban J connectivity index is 3.47. The Morgan fingerprint density at radius 2 is 1.60 bits per heavy atom. The average Bonchev–Trinajstić information content (AvgIpc) is 0.722. The molecule has 0 aromatic carbocycles. The number of hydrogen-bond acceptors (Lipinski definition) is 0. The molecule has 0 rings (SSSR count). The van der Waals surface area contributed by atoms with E-state index in [9.17, 15) is 0 Å². The zero-order valence-electron chi connectivity index (χ0n) is 3.23. The molecule has 0 atom stereocenters. The molecule has 0 fully saturated rings. The Kier molecular flexibility index (Phi) is 2.48. The Bertz CT molecular complexity index is 55.8. The van der Waals surface area contributed by atoms with Crippen molar-refractivity contribution in [3.8, 4) is 0 Å². The monoisotopic (exact) mass is 220 g/mol. The normalized spacial score (nSPS) is 11.8. The number of rotatable bonds is 0.